The van der Waals surface area contributed by atoms with Crippen LogP contribution in [0.1, 0.15) is 0 Å². The first-order valence-electron chi connectivity index (χ1n) is 7.05. The van der Waals surface area contributed by atoms with Gasteiger partial charge in [0.05, 0.1) is 5.52 Å². The number of hydrogen-bond donors (Lipinski definition) is 0. The van der Waals surface area contributed by atoms with Crippen molar-refractivity contribution < 1.29 is 4.39 Å². The number of benzene rings is 1. The number of fused-ring (bicyclic) bond motifs is 3. The fraction of sp³-hybridized carbons (Fsp3) is 0.357. The van der Waals surface area contributed by atoms with Gasteiger partial charge in [-0.05, 0) is 19.2 Å². The van der Waals surface area contributed by atoms with Crippen molar-refractivity contribution in [1.82, 2.24) is 24.5 Å². The van der Waals surface area contributed by atoms with Crippen molar-refractivity contribution in [3.63, 3.8) is 0 Å². The van der Waals surface area contributed by atoms with Gasteiger partial charge in [0.15, 0.2) is 11.6 Å². The molecule has 6 nitrogen and oxygen atoms in total. The van der Waals surface area contributed by atoms with Crippen LogP contribution in [0.5, 0.6) is 0 Å². The lowest BCUT2D eigenvalue weighted by atomic mass is 10.2. The van der Waals surface area contributed by atoms with Gasteiger partial charge in [0.1, 0.15) is 11.8 Å². The molecule has 1 aliphatic heterocycles. The SMILES string of the molecule is CN1CCN(c2nc3c(F)cc(Br)cc3n3cnnc23)CC1. The number of nitrogens with zero attached hydrogens (tertiary/aromatic N) is 6. The van der Waals surface area contributed by atoms with Gasteiger partial charge in [0.25, 0.3) is 0 Å². The molecule has 0 amide bonds. The first kappa shape index (κ1) is 13.8. The molecule has 1 aliphatic rings. The summed E-state index contributed by atoms with van der Waals surface area (Å²) in [6.45, 7) is 3.58. The van der Waals surface area contributed by atoms with Gasteiger partial charge in [0, 0.05) is 30.7 Å². The molecule has 1 aromatic carbocycles. The Bertz CT molecular complexity index is 855. The molecule has 114 valence electrons. The number of piperazine rings is 1. The number of hydrogen-bond acceptors (Lipinski definition) is 5. The summed E-state index contributed by atoms with van der Waals surface area (Å²) in [6.07, 6.45) is 1.60. The Morgan fingerprint density at radius 1 is 1.18 bits per heavy atom. The molecule has 0 N–H and O–H groups in total. The maximum atomic E-state index is 14.3. The number of anilines is 1. The molecule has 3 heterocycles. The van der Waals surface area contributed by atoms with Gasteiger partial charge in [-0.25, -0.2) is 9.37 Å². The van der Waals surface area contributed by atoms with E-state index in [0.717, 1.165) is 26.2 Å². The summed E-state index contributed by atoms with van der Waals surface area (Å²) >= 11 is 3.32. The van der Waals surface area contributed by atoms with E-state index in [1.165, 1.54) is 6.07 Å². The zero-order valence-corrected chi connectivity index (χ0v) is 13.6. The lowest BCUT2D eigenvalue weighted by Gasteiger charge is -2.33. The van der Waals surface area contributed by atoms with Crippen molar-refractivity contribution in [3.8, 4) is 0 Å². The van der Waals surface area contributed by atoms with Crippen molar-refractivity contribution in [2.24, 2.45) is 0 Å². The van der Waals surface area contributed by atoms with Crippen LogP contribution in [-0.2, 0) is 0 Å². The fourth-order valence-electron chi connectivity index (χ4n) is 2.80. The van der Waals surface area contributed by atoms with Gasteiger partial charge in [-0.15, -0.1) is 10.2 Å². The molecule has 22 heavy (non-hydrogen) atoms. The summed E-state index contributed by atoms with van der Waals surface area (Å²) in [5, 5.41) is 8.16. The van der Waals surface area contributed by atoms with Crippen LogP contribution in [0.25, 0.3) is 16.7 Å². The molecular weight excluding hydrogens is 351 g/mol. The van der Waals surface area contributed by atoms with Gasteiger partial charge in [-0.1, -0.05) is 15.9 Å². The van der Waals surface area contributed by atoms with Gasteiger partial charge >= 0.3 is 0 Å². The van der Waals surface area contributed by atoms with Crippen LogP contribution >= 0.6 is 15.9 Å². The molecule has 0 radical (unpaired) electrons. The van der Waals surface area contributed by atoms with Crippen LogP contribution in [0.3, 0.4) is 0 Å². The minimum Gasteiger partial charge on any atom is -0.351 e. The second kappa shape index (κ2) is 5.13. The molecule has 3 aromatic rings. The summed E-state index contributed by atoms with van der Waals surface area (Å²) in [7, 11) is 2.09. The Kier molecular flexibility index (Phi) is 3.23. The zero-order chi connectivity index (χ0) is 15.3. The summed E-state index contributed by atoms with van der Waals surface area (Å²) in [6, 6.07) is 3.26. The van der Waals surface area contributed by atoms with E-state index in [0.29, 0.717) is 27.0 Å². The minimum atomic E-state index is -0.352. The second-order valence-corrected chi connectivity index (χ2v) is 6.42. The molecule has 0 atom stereocenters. The summed E-state index contributed by atoms with van der Waals surface area (Å²) < 4.78 is 16.8. The molecule has 4 rings (SSSR count). The van der Waals surface area contributed by atoms with E-state index >= 15 is 0 Å². The number of aromatic nitrogens is 4. The Balaban J connectivity index is 1.95. The minimum absolute atomic E-state index is 0.337. The predicted molar refractivity (Wildman–Crippen MR) is 85.7 cm³/mol. The Morgan fingerprint density at radius 3 is 2.73 bits per heavy atom. The highest BCUT2D eigenvalue weighted by Gasteiger charge is 2.21. The van der Waals surface area contributed by atoms with Crippen LogP contribution in [0, 0.1) is 5.82 Å². The van der Waals surface area contributed by atoms with Crippen LogP contribution < -0.4 is 4.90 Å². The fourth-order valence-corrected chi connectivity index (χ4v) is 3.21. The molecule has 2 aromatic heterocycles. The average Bonchev–Trinajstić information content (AvgIpc) is 2.97. The highest BCUT2D eigenvalue weighted by Crippen LogP contribution is 2.27. The number of rotatable bonds is 1. The molecule has 0 unspecified atom stereocenters. The molecule has 0 bridgehead atoms. The lowest BCUT2D eigenvalue weighted by molar-refractivity contribution is 0.312. The second-order valence-electron chi connectivity index (χ2n) is 5.51. The standard InChI is InChI=1S/C14H14BrFN6/c1-20-2-4-21(5-3-20)13-14-19-17-8-22(14)11-7-9(15)6-10(16)12(11)18-13/h6-8H,2-5H2,1H3. The largest absolute Gasteiger partial charge is 0.351 e. The maximum absolute atomic E-state index is 14.3. The first-order chi connectivity index (χ1) is 10.6. The van der Waals surface area contributed by atoms with E-state index in [1.54, 1.807) is 10.7 Å². The Labute approximate surface area is 134 Å². The zero-order valence-electron chi connectivity index (χ0n) is 12.0. The van der Waals surface area contributed by atoms with Crippen LogP contribution in [-0.4, -0.2) is 57.7 Å². The molecule has 1 fully saturated rings. The molecule has 0 aliphatic carbocycles. The Morgan fingerprint density at radius 2 is 1.95 bits per heavy atom. The quantitative estimate of drug-likeness (QED) is 0.660. The first-order valence-corrected chi connectivity index (χ1v) is 7.85. The summed E-state index contributed by atoms with van der Waals surface area (Å²) in [5.41, 5.74) is 1.66. The predicted octanol–water partition coefficient (Wildman–Crippen LogP) is 1.93. The maximum Gasteiger partial charge on any atom is 0.204 e. The Hall–Kier alpha value is -1.80. The van der Waals surface area contributed by atoms with Crippen LogP contribution in [0.4, 0.5) is 10.2 Å². The third-order valence-corrected chi connectivity index (χ3v) is 4.49. The van der Waals surface area contributed by atoms with E-state index in [2.05, 4.69) is 48.0 Å². The summed E-state index contributed by atoms with van der Waals surface area (Å²) in [5.74, 6) is 0.342. The lowest BCUT2D eigenvalue weighted by Crippen LogP contribution is -2.45. The third kappa shape index (κ3) is 2.14. The van der Waals surface area contributed by atoms with Crippen molar-refractivity contribution in [1.29, 1.82) is 0 Å². The van der Waals surface area contributed by atoms with Gasteiger partial charge in [-0.2, -0.15) is 0 Å². The summed E-state index contributed by atoms with van der Waals surface area (Å²) in [4.78, 5) is 8.96. The van der Waals surface area contributed by atoms with E-state index in [1.807, 2.05) is 6.07 Å². The van der Waals surface area contributed by atoms with E-state index < -0.39 is 0 Å². The molecule has 0 saturated carbocycles. The number of halogens is 2. The average molecular weight is 365 g/mol. The van der Waals surface area contributed by atoms with Gasteiger partial charge < -0.3 is 9.80 Å². The molecule has 0 spiro atoms. The monoisotopic (exact) mass is 364 g/mol. The van der Waals surface area contributed by atoms with Crippen molar-refractivity contribution >= 4 is 38.4 Å². The van der Waals surface area contributed by atoms with Crippen molar-refractivity contribution in [2.45, 2.75) is 0 Å². The molecule has 8 heteroatoms. The highest BCUT2D eigenvalue weighted by atomic mass is 79.9. The normalized spacial score (nSPS) is 16.8. The van der Waals surface area contributed by atoms with Gasteiger partial charge in [0.2, 0.25) is 5.65 Å². The number of likely N-dealkylation sites (N-methyl/N-ethyl adjacent to an activating group) is 1. The van der Waals surface area contributed by atoms with Crippen molar-refractivity contribution in [3.05, 3.63) is 28.7 Å². The van der Waals surface area contributed by atoms with E-state index in [-0.39, 0.29) is 5.82 Å². The van der Waals surface area contributed by atoms with E-state index in [9.17, 15) is 4.39 Å². The van der Waals surface area contributed by atoms with Crippen LogP contribution in [0.15, 0.2) is 22.9 Å². The molecular formula is C14H14BrFN6. The molecule has 1 saturated heterocycles. The topological polar surface area (TPSA) is 49.6 Å². The van der Waals surface area contributed by atoms with Crippen molar-refractivity contribution in [2.75, 3.05) is 38.1 Å². The smallest absolute Gasteiger partial charge is 0.204 e. The van der Waals surface area contributed by atoms with Crippen LogP contribution in [0.2, 0.25) is 0 Å². The third-order valence-electron chi connectivity index (χ3n) is 4.04. The van der Waals surface area contributed by atoms with E-state index in [4.69, 9.17) is 0 Å². The van der Waals surface area contributed by atoms with Gasteiger partial charge in [-0.3, -0.25) is 4.40 Å². The highest BCUT2D eigenvalue weighted by molar-refractivity contribution is 9.10.